The molecular formula is C20H20N4O3. The van der Waals surface area contributed by atoms with Gasteiger partial charge >= 0.3 is 0 Å². The second-order valence-electron chi connectivity index (χ2n) is 7.75. The van der Waals surface area contributed by atoms with Gasteiger partial charge in [-0.15, -0.1) is 0 Å². The van der Waals surface area contributed by atoms with Crippen molar-refractivity contribution in [3.05, 3.63) is 69.5 Å². The lowest BCUT2D eigenvalue weighted by Gasteiger charge is -2.34. The summed E-state index contributed by atoms with van der Waals surface area (Å²) in [7, 11) is 0. The molecule has 1 unspecified atom stereocenters. The highest BCUT2D eigenvalue weighted by Gasteiger charge is 2.40. The van der Waals surface area contributed by atoms with Gasteiger partial charge in [0.2, 0.25) is 0 Å². The molecule has 1 atom stereocenters. The van der Waals surface area contributed by atoms with E-state index in [0.717, 1.165) is 11.4 Å². The molecule has 7 heteroatoms. The predicted octanol–water partition coefficient (Wildman–Crippen LogP) is 4.21. The molecule has 0 amide bonds. The van der Waals surface area contributed by atoms with Crippen LogP contribution in [0.3, 0.4) is 0 Å². The Balaban J connectivity index is 1.94. The summed E-state index contributed by atoms with van der Waals surface area (Å²) in [5.74, 6) is 0.567. The molecular weight excluding hydrogens is 344 g/mol. The molecule has 2 aliphatic rings. The van der Waals surface area contributed by atoms with E-state index in [0.29, 0.717) is 29.8 Å². The number of rotatable bonds is 2. The molecule has 2 aromatic rings. The summed E-state index contributed by atoms with van der Waals surface area (Å²) in [5, 5.41) is 18.2. The number of hydrogen-bond donors (Lipinski definition) is 2. The third-order valence-electron chi connectivity index (χ3n) is 5.03. The van der Waals surface area contributed by atoms with E-state index in [1.807, 2.05) is 12.1 Å². The molecule has 7 nitrogen and oxygen atoms in total. The number of anilines is 2. The minimum absolute atomic E-state index is 0.00259. The molecule has 2 N–H and O–H groups in total. The molecule has 0 fully saturated rings. The number of allylic oxidation sites excluding steroid dienone is 1. The molecule has 2 heterocycles. The molecule has 0 saturated heterocycles. The van der Waals surface area contributed by atoms with Crippen molar-refractivity contribution in [1.82, 2.24) is 4.98 Å². The first-order chi connectivity index (χ1) is 12.9. The Hall–Kier alpha value is -3.22. The molecule has 0 radical (unpaired) electrons. The van der Waals surface area contributed by atoms with Gasteiger partial charge in [-0.25, -0.2) is 4.98 Å². The first-order valence-corrected chi connectivity index (χ1v) is 8.84. The highest BCUT2D eigenvalue weighted by atomic mass is 16.6. The smallest absolute Gasteiger partial charge is 0.275 e. The lowest BCUT2D eigenvalue weighted by Crippen LogP contribution is -2.31. The van der Waals surface area contributed by atoms with Gasteiger partial charge in [-0.3, -0.25) is 14.9 Å². The van der Waals surface area contributed by atoms with E-state index in [1.165, 1.54) is 6.07 Å². The van der Waals surface area contributed by atoms with Crippen molar-refractivity contribution in [2.24, 2.45) is 5.41 Å². The Kier molecular flexibility index (Phi) is 3.95. The van der Waals surface area contributed by atoms with E-state index in [2.05, 4.69) is 29.5 Å². The molecule has 4 rings (SSSR count). The van der Waals surface area contributed by atoms with Gasteiger partial charge in [0.25, 0.3) is 5.69 Å². The third kappa shape index (κ3) is 3.05. The number of carbonyl (C=O) groups excluding carboxylic acids is 1. The van der Waals surface area contributed by atoms with Gasteiger partial charge in [-0.1, -0.05) is 26.0 Å². The monoisotopic (exact) mass is 364 g/mol. The average Bonchev–Trinajstić information content (AvgIpc) is 2.76. The fourth-order valence-corrected chi connectivity index (χ4v) is 3.90. The minimum atomic E-state index is -0.631. The first kappa shape index (κ1) is 17.2. The van der Waals surface area contributed by atoms with Crippen molar-refractivity contribution in [1.29, 1.82) is 0 Å². The van der Waals surface area contributed by atoms with Crippen molar-refractivity contribution in [3.8, 4) is 0 Å². The number of nitrogens with zero attached hydrogens (tertiary/aromatic N) is 2. The van der Waals surface area contributed by atoms with E-state index in [1.54, 1.807) is 24.4 Å². The van der Waals surface area contributed by atoms with E-state index in [-0.39, 0.29) is 16.9 Å². The summed E-state index contributed by atoms with van der Waals surface area (Å²) in [4.78, 5) is 28.6. The molecule has 1 aromatic heterocycles. The number of fused-ring (bicyclic) bond motifs is 1. The van der Waals surface area contributed by atoms with Crippen LogP contribution in [0.4, 0.5) is 17.2 Å². The quantitative estimate of drug-likeness (QED) is 0.612. The summed E-state index contributed by atoms with van der Waals surface area (Å²) >= 11 is 0. The van der Waals surface area contributed by atoms with Crippen LogP contribution < -0.4 is 10.6 Å². The fourth-order valence-electron chi connectivity index (χ4n) is 3.90. The molecule has 1 aromatic carbocycles. The van der Waals surface area contributed by atoms with Crippen molar-refractivity contribution in [2.75, 3.05) is 10.6 Å². The minimum Gasteiger partial charge on any atom is -0.357 e. The molecule has 0 spiro atoms. The van der Waals surface area contributed by atoms with Crippen LogP contribution in [-0.2, 0) is 4.79 Å². The molecule has 1 aliphatic carbocycles. The van der Waals surface area contributed by atoms with Crippen molar-refractivity contribution < 1.29 is 9.72 Å². The largest absolute Gasteiger partial charge is 0.357 e. The zero-order valence-electron chi connectivity index (χ0n) is 15.2. The van der Waals surface area contributed by atoms with Crippen LogP contribution in [0.25, 0.3) is 0 Å². The average molecular weight is 364 g/mol. The maximum absolute atomic E-state index is 13.1. The number of aromatic nitrogens is 1. The topological polar surface area (TPSA) is 97.2 Å². The van der Waals surface area contributed by atoms with Crippen LogP contribution >= 0.6 is 0 Å². The molecule has 138 valence electrons. The van der Waals surface area contributed by atoms with Crippen molar-refractivity contribution >= 4 is 23.0 Å². The summed E-state index contributed by atoms with van der Waals surface area (Å²) in [5.41, 5.74) is 2.39. The van der Waals surface area contributed by atoms with Gasteiger partial charge < -0.3 is 10.6 Å². The van der Waals surface area contributed by atoms with Gasteiger partial charge in [-0.05, 0) is 30.0 Å². The van der Waals surface area contributed by atoms with Crippen LogP contribution in [0.2, 0.25) is 0 Å². The summed E-state index contributed by atoms with van der Waals surface area (Å²) in [6.07, 6.45) is 2.73. The first-order valence-electron chi connectivity index (χ1n) is 8.84. The Morgan fingerprint density at radius 3 is 2.74 bits per heavy atom. The van der Waals surface area contributed by atoms with E-state index in [4.69, 9.17) is 0 Å². The lowest BCUT2D eigenvalue weighted by molar-refractivity contribution is -0.385. The molecule has 0 bridgehead atoms. The predicted molar refractivity (Wildman–Crippen MR) is 102 cm³/mol. The second-order valence-corrected chi connectivity index (χ2v) is 7.75. The third-order valence-corrected chi connectivity index (χ3v) is 5.03. The van der Waals surface area contributed by atoms with Crippen LogP contribution in [0.15, 0.2) is 53.9 Å². The zero-order valence-corrected chi connectivity index (χ0v) is 15.2. The number of pyridine rings is 1. The molecule has 0 saturated carbocycles. The van der Waals surface area contributed by atoms with Crippen molar-refractivity contribution in [3.63, 3.8) is 0 Å². The van der Waals surface area contributed by atoms with Gasteiger partial charge in [0.15, 0.2) is 5.78 Å². The SMILES string of the molecule is CC1(C)CC(=O)C2=C(C1)Nc1cccnc1NC2c1ccccc1[N+](=O)[O-]. The maximum Gasteiger partial charge on any atom is 0.275 e. The van der Waals surface area contributed by atoms with Crippen LogP contribution in [0, 0.1) is 15.5 Å². The summed E-state index contributed by atoms with van der Waals surface area (Å²) < 4.78 is 0. The fraction of sp³-hybridized carbons (Fsp3) is 0.300. The number of nitro benzene ring substituents is 1. The van der Waals surface area contributed by atoms with Gasteiger partial charge in [-0.2, -0.15) is 0 Å². The summed E-state index contributed by atoms with van der Waals surface area (Å²) in [6, 6.07) is 9.60. The van der Waals surface area contributed by atoms with Crippen LogP contribution in [-0.4, -0.2) is 15.7 Å². The Labute approximate surface area is 156 Å². The van der Waals surface area contributed by atoms with Gasteiger partial charge in [0.05, 0.1) is 22.2 Å². The summed E-state index contributed by atoms with van der Waals surface area (Å²) in [6.45, 7) is 4.11. The molecule has 27 heavy (non-hydrogen) atoms. The zero-order chi connectivity index (χ0) is 19.2. The highest BCUT2D eigenvalue weighted by molar-refractivity contribution is 6.01. The number of para-hydroxylation sites is 1. The number of nitro groups is 1. The lowest BCUT2D eigenvalue weighted by atomic mass is 9.73. The number of carbonyl (C=O) groups is 1. The normalized spacial score (nSPS) is 20.7. The van der Waals surface area contributed by atoms with Crippen LogP contribution in [0.1, 0.15) is 38.3 Å². The molecule has 1 aliphatic heterocycles. The number of ketones is 1. The number of hydrogen-bond acceptors (Lipinski definition) is 6. The highest BCUT2D eigenvalue weighted by Crippen LogP contribution is 2.46. The van der Waals surface area contributed by atoms with Crippen molar-refractivity contribution in [2.45, 2.75) is 32.7 Å². The second kappa shape index (κ2) is 6.19. The number of nitrogens with one attached hydrogen (secondary N) is 2. The maximum atomic E-state index is 13.1. The Morgan fingerprint density at radius 1 is 1.19 bits per heavy atom. The van der Waals surface area contributed by atoms with Crippen LogP contribution in [0.5, 0.6) is 0 Å². The Morgan fingerprint density at radius 2 is 1.96 bits per heavy atom. The van der Waals surface area contributed by atoms with E-state index in [9.17, 15) is 14.9 Å². The van der Waals surface area contributed by atoms with E-state index < -0.39 is 11.0 Å². The van der Waals surface area contributed by atoms with Gasteiger partial charge in [0.1, 0.15) is 5.82 Å². The number of Topliss-reactive ketones (excluding diaryl/α,β-unsaturated/α-hetero) is 1. The number of benzene rings is 1. The standard InChI is InChI=1S/C20H20N4O3/c1-20(2)10-14-17(16(25)11-20)18(12-6-3-4-8-15(12)24(26)27)23-19-13(22-14)7-5-9-21-19/h3-9,18,22H,10-11H2,1-2H3,(H,21,23). The van der Waals surface area contributed by atoms with Gasteiger partial charge in [0, 0.05) is 30.0 Å². The Bertz CT molecular complexity index is 981. The van der Waals surface area contributed by atoms with E-state index >= 15 is 0 Å².